The number of aromatic nitrogens is 1. The third kappa shape index (κ3) is 5.39. The monoisotopic (exact) mass is 423 g/mol. The summed E-state index contributed by atoms with van der Waals surface area (Å²) in [6.45, 7) is 8.04. The van der Waals surface area contributed by atoms with Gasteiger partial charge in [-0.15, -0.1) is 0 Å². The van der Waals surface area contributed by atoms with Crippen molar-refractivity contribution < 1.29 is 17.9 Å². The van der Waals surface area contributed by atoms with Crippen molar-refractivity contribution in [3.8, 4) is 11.5 Å². The molecule has 0 aliphatic heterocycles. The first kappa shape index (κ1) is 21.8. The van der Waals surface area contributed by atoms with Crippen LogP contribution in [0.2, 0.25) is 0 Å². The highest BCUT2D eigenvalue weighted by Crippen LogP contribution is 2.32. The first-order valence-electron chi connectivity index (χ1n) is 9.29. The number of pyridine rings is 1. The second kappa shape index (κ2) is 9.30. The standard InChI is InChI=1S/C24H20F3N3O/c1-4-24(26,27)16(2)10-13-29-17(3)30-19-8-9-23(21(25)14-19)31-22-7-5-6-18-15-28-12-11-20(18)22/h4-15,30H,1,3H2,2H3/b16-10+,29-13?. The minimum Gasteiger partial charge on any atom is -0.454 e. The van der Waals surface area contributed by atoms with E-state index in [0.717, 1.165) is 16.8 Å². The topological polar surface area (TPSA) is 46.5 Å². The van der Waals surface area contributed by atoms with Crippen LogP contribution in [0.25, 0.3) is 10.8 Å². The molecule has 1 aromatic heterocycles. The van der Waals surface area contributed by atoms with Crippen molar-refractivity contribution in [1.82, 2.24) is 4.98 Å². The van der Waals surface area contributed by atoms with Crippen molar-refractivity contribution in [3.05, 3.63) is 97.4 Å². The highest BCUT2D eigenvalue weighted by Gasteiger charge is 2.25. The van der Waals surface area contributed by atoms with Gasteiger partial charge in [-0.25, -0.2) is 9.38 Å². The van der Waals surface area contributed by atoms with Crippen LogP contribution in [0.1, 0.15) is 6.92 Å². The number of hydrogen-bond donors (Lipinski definition) is 1. The fourth-order valence-electron chi connectivity index (χ4n) is 2.67. The lowest BCUT2D eigenvalue weighted by Gasteiger charge is -2.11. The van der Waals surface area contributed by atoms with E-state index in [0.29, 0.717) is 17.5 Å². The second-order valence-corrected chi connectivity index (χ2v) is 6.63. The molecule has 0 bridgehead atoms. The van der Waals surface area contributed by atoms with Crippen molar-refractivity contribution in [2.75, 3.05) is 5.32 Å². The first-order valence-corrected chi connectivity index (χ1v) is 9.29. The van der Waals surface area contributed by atoms with Gasteiger partial charge in [0.2, 0.25) is 0 Å². The van der Waals surface area contributed by atoms with Gasteiger partial charge in [0, 0.05) is 46.7 Å². The maximum atomic E-state index is 14.6. The molecule has 158 valence electrons. The number of fused-ring (bicyclic) bond motifs is 1. The van der Waals surface area contributed by atoms with Gasteiger partial charge in [0.15, 0.2) is 11.6 Å². The van der Waals surface area contributed by atoms with Gasteiger partial charge in [-0.3, -0.25) is 4.98 Å². The van der Waals surface area contributed by atoms with Crippen molar-refractivity contribution in [1.29, 1.82) is 0 Å². The van der Waals surface area contributed by atoms with E-state index in [-0.39, 0.29) is 17.1 Å². The van der Waals surface area contributed by atoms with Crippen LogP contribution in [-0.2, 0) is 0 Å². The highest BCUT2D eigenvalue weighted by atomic mass is 19.3. The van der Waals surface area contributed by atoms with Gasteiger partial charge in [0.1, 0.15) is 11.6 Å². The lowest BCUT2D eigenvalue weighted by Crippen LogP contribution is -2.13. The van der Waals surface area contributed by atoms with E-state index in [1.807, 2.05) is 6.07 Å². The van der Waals surface area contributed by atoms with Crippen molar-refractivity contribution in [3.63, 3.8) is 0 Å². The summed E-state index contributed by atoms with van der Waals surface area (Å²) in [5.74, 6) is -2.99. The van der Waals surface area contributed by atoms with Crippen LogP contribution in [0.3, 0.4) is 0 Å². The Balaban J connectivity index is 1.69. The molecule has 0 fully saturated rings. The molecule has 0 radical (unpaired) electrons. The number of nitrogens with one attached hydrogen (secondary N) is 1. The Morgan fingerprint density at radius 1 is 1.19 bits per heavy atom. The van der Waals surface area contributed by atoms with E-state index in [1.165, 1.54) is 25.3 Å². The van der Waals surface area contributed by atoms with Gasteiger partial charge in [0.05, 0.1) is 0 Å². The van der Waals surface area contributed by atoms with Gasteiger partial charge in [-0.2, -0.15) is 8.78 Å². The number of aliphatic imine (C=N–C) groups is 1. The predicted molar refractivity (Wildman–Crippen MR) is 118 cm³/mol. The number of anilines is 1. The average molecular weight is 423 g/mol. The maximum Gasteiger partial charge on any atom is 0.287 e. The van der Waals surface area contributed by atoms with Crippen LogP contribution in [0.15, 0.2) is 96.6 Å². The molecule has 0 atom stereocenters. The number of rotatable bonds is 8. The number of nitrogens with zero attached hydrogens (tertiary/aromatic N) is 2. The SMILES string of the molecule is C=CC(F)(F)/C(C)=C/C=NC(=C)Nc1ccc(Oc2cccc3cnccc23)c(F)c1. The first-order chi connectivity index (χ1) is 14.8. The Hall–Kier alpha value is -3.87. The van der Waals surface area contributed by atoms with Crippen LogP contribution in [0, 0.1) is 5.82 Å². The molecular weight excluding hydrogens is 403 g/mol. The van der Waals surface area contributed by atoms with Crippen LogP contribution in [0.4, 0.5) is 18.9 Å². The largest absolute Gasteiger partial charge is 0.454 e. The van der Waals surface area contributed by atoms with E-state index in [2.05, 4.69) is 28.5 Å². The van der Waals surface area contributed by atoms with Crippen molar-refractivity contribution >= 4 is 22.7 Å². The van der Waals surface area contributed by atoms with E-state index >= 15 is 0 Å². The Kier molecular flexibility index (Phi) is 6.55. The van der Waals surface area contributed by atoms with E-state index < -0.39 is 11.7 Å². The Bertz CT molecular complexity index is 1180. The molecule has 4 nitrogen and oxygen atoms in total. The summed E-state index contributed by atoms with van der Waals surface area (Å²) >= 11 is 0. The second-order valence-electron chi connectivity index (χ2n) is 6.63. The molecule has 0 spiro atoms. The number of alkyl halides is 2. The van der Waals surface area contributed by atoms with E-state index in [4.69, 9.17) is 4.74 Å². The van der Waals surface area contributed by atoms with Gasteiger partial charge in [-0.1, -0.05) is 25.3 Å². The van der Waals surface area contributed by atoms with Gasteiger partial charge in [-0.05, 0) is 43.3 Å². The highest BCUT2D eigenvalue weighted by molar-refractivity contribution is 5.87. The molecule has 31 heavy (non-hydrogen) atoms. The van der Waals surface area contributed by atoms with E-state index in [9.17, 15) is 13.2 Å². The average Bonchev–Trinajstić information content (AvgIpc) is 2.75. The number of halogens is 3. The lowest BCUT2D eigenvalue weighted by atomic mass is 10.1. The smallest absolute Gasteiger partial charge is 0.287 e. The molecule has 0 amide bonds. The zero-order chi connectivity index (χ0) is 22.4. The predicted octanol–water partition coefficient (Wildman–Crippen LogP) is 6.89. The molecule has 0 unspecified atom stereocenters. The number of allylic oxidation sites excluding steroid dienone is 3. The van der Waals surface area contributed by atoms with E-state index in [1.54, 1.807) is 36.7 Å². The summed E-state index contributed by atoms with van der Waals surface area (Å²) in [7, 11) is 0. The summed E-state index contributed by atoms with van der Waals surface area (Å²) in [4.78, 5) is 7.99. The molecule has 3 rings (SSSR count). The number of hydrogen-bond acceptors (Lipinski definition) is 4. The third-order valence-corrected chi connectivity index (χ3v) is 4.42. The van der Waals surface area contributed by atoms with Crippen LogP contribution in [-0.4, -0.2) is 17.1 Å². The maximum absolute atomic E-state index is 14.6. The molecule has 1 heterocycles. The Morgan fingerprint density at radius 3 is 2.74 bits per heavy atom. The van der Waals surface area contributed by atoms with Crippen molar-refractivity contribution in [2.45, 2.75) is 12.8 Å². The van der Waals surface area contributed by atoms with Gasteiger partial charge < -0.3 is 10.1 Å². The third-order valence-electron chi connectivity index (χ3n) is 4.42. The molecular formula is C24H20F3N3O. The molecule has 7 heteroatoms. The Labute approximate surface area is 178 Å². The molecule has 2 aromatic carbocycles. The Morgan fingerprint density at radius 2 is 2.00 bits per heavy atom. The summed E-state index contributed by atoms with van der Waals surface area (Å²) in [6.07, 6.45) is 6.24. The number of benzene rings is 2. The number of ether oxygens (including phenoxy) is 1. The van der Waals surface area contributed by atoms with Crippen molar-refractivity contribution in [2.24, 2.45) is 4.99 Å². The molecule has 0 saturated carbocycles. The van der Waals surface area contributed by atoms with Gasteiger partial charge in [0.25, 0.3) is 5.92 Å². The quantitative estimate of drug-likeness (QED) is 0.317. The molecule has 0 aliphatic carbocycles. The van der Waals surface area contributed by atoms with Crippen LogP contribution >= 0.6 is 0 Å². The normalized spacial score (nSPS) is 12.2. The summed E-state index contributed by atoms with van der Waals surface area (Å²) in [5, 5.41) is 4.49. The lowest BCUT2D eigenvalue weighted by molar-refractivity contribution is 0.0978. The molecule has 0 saturated heterocycles. The summed E-state index contributed by atoms with van der Waals surface area (Å²) < 4.78 is 47.1. The summed E-state index contributed by atoms with van der Waals surface area (Å²) in [5.41, 5.74) is 0.169. The summed E-state index contributed by atoms with van der Waals surface area (Å²) in [6, 6.07) is 11.5. The fourth-order valence-corrected chi connectivity index (χ4v) is 2.67. The zero-order valence-electron chi connectivity index (χ0n) is 16.8. The molecule has 0 aliphatic rings. The van der Waals surface area contributed by atoms with Gasteiger partial charge >= 0.3 is 0 Å². The van der Waals surface area contributed by atoms with Crippen LogP contribution in [0.5, 0.6) is 11.5 Å². The minimum atomic E-state index is -3.11. The fraction of sp³-hybridized carbons (Fsp3) is 0.0833. The zero-order valence-corrected chi connectivity index (χ0v) is 16.8. The molecule has 1 N–H and O–H groups in total. The minimum absolute atomic E-state index is 0.0502. The molecule has 3 aromatic rings. The van der Waals surface area contributed by atoms with Crippen LogP contribution < -0.4 is 10.1 Å².